The average molecular weight is 600 g/mol. The minimum absolute atomic E-state index is 0.0150. The number of nitrogens with zero attached hydrogens (tertiary/aromatic N) is 1. The van der Waals surface area contributed by atoms with Crippen molar-refractivity contribution in [2.45, 2.75) is 38.5 Å². The van der Waals surface area contributed by atoms with Crippen LogP contribution in [-0.4, -0.2) is 4.57 Å². The summed E-state index contributed by atoms with van der Waals surface area (Å²) in [5.41, 5.74) is 20.3. The third-order valence-corrected chi connectivity index (χ3v) is 11.9. The highest BCUT2D eigenvalue weighted by Gasteiger charge is 2.41. The lowest BCUT2D eigenvalue weighted by molar-refractivity contribution is 0.652. The van der Waals surface area contributed by atoms with E-state index in [0.29, 0.717) is 0 Å². The smallest absolute Gasteiger partial charge is 0.0620 e. The Balaban J connectivity index is 1.18. The van der Waals surface area contributed by atoms with Gasteiger partial charge in [0, 0.05) is 32.7 Å². The molecular weight excluding hydrogens is 567 g/mol. The lowest BCUT2D eigenvalue weighted by Gasteiger charge is -2.24. The zero-order valence-electron chi connectivity index (χ0n) is 27.1. The second kappa shape index (κ2) is 8.30. The van der Waals surface area contributed by atoms with Gasteiger partial charge in [0.25, 0.3) is 0 Å². The summed E-state index contributed by atoms with van der Waals surface area (Å²) < 4.78 is 2.54. The van der Waals surface area contributed by atoms with Gasteiger partial charge < -0.3 is 4.57 Å². The Kier molecular flexibility index (Phi) is 4.55. The Morgan fingerprint density at radius 3 is 1.74 bits per heavy atom. The average Bonchev–Trinajstić information content (AvgIpc) is 3.75. The molecule has 0 spiro atoms. The van der Waals surface area contributed by atoms with Crippen LogP contribution in [0.5, 0.6) is 0 Å². The van der Waals surface area contributed by atoms with E-state index in [2.05, 4.69) is 160 Å². The third kappa shape index (κ3) is 2.97. The summed E-state index contributed by atoms with van der Waals surface area (Å²) in [5.74, 6) is 0. The number of benzene rings is 7. The van der Waals surface area contributed by atoms with Crippen LogP contribution in [0.4, 0.5) is 0 Å². The lowest BCUT2D eigenvalue weighted by atomic mass is 9.79. The van der Waals surface area contributed by atoms with Crippen molar-refractivity contribution in [2.24, 2.45) is 0 Å². The first-order valence-electron chi connectivity index (χ1n) is 16.9. The van der Waals surface area contributed by atoms with Gasteiger partial charge in [0.2, 0.25) is 0 Å². The SMILES string of the molecule is CC1(C)c2ccccc2-c2cc3c(cc21)-c1ccc(-n2c4ccccc4c4cc5c6c(cccc6c42)-c2ccccc2-5)cc1C3(C)C. The summed E-state index contributed by atoms with van der Waals surface area (Å²) >= 11 is 0. The van der Waals surface area contributed by atoms with Crippen LogP contribution in [0.1, 0.15) is 49.9 Å². The van der Waals surface area contributed by atoms with Gasteiger partial charge in [-0.15, -0.1) is 0 Å². The summed E-state index contributed by atoms with van der Waals surface area (Å²) in [6.07, 6.45) is 0. The summed E-state index contributed by atoms with van der Waals surface area (Å²) in [5, 5.41) is 5.31. The second-order valence-corrected chi connectivity index (χ2v) is 14.9. The van der Waals surface area contributed by atoms with E-state index in [-0.39, 0.29) is 10.8 Å². The van der Waals surface area contributed by atoms with Crippen LogP contribution in [-0.2, 0) is 10.8 Å². The molecule has 1 heteroatoms. The maximum Gasteiger partial charge on any atom is 0.0620 e. The number of hydrogen-bond acceptors (Lipinski definition) is 0. The molecule has 1 heterocycles. The van der Waals surface area contributed by atoms with E-state index >= 15 is 0 Å². The summed E-state index contributed by atoms with van der Waals surface area (Å²) in [7, 11) is 0. The van der Waals surface area contributed by atoms with Crippen molar-refractivity contribution in [1.82, 2.24) is 4.57 Å². The van der Waals surface area contributed by atoms with E-state index in [4.69, 9.17) is 0 Å². The first-order valence-corrected chi connectivity index (χ1v) is 16.9. The van der Waals surface area contributed by atoms with Gasteiger partial charge in [0.15, 0.2) is 0 Å². The minimum Gasteiger partial charge on any atom is -0.309 e. The largest absolute Gasteiger partial charge is 0.309 e. The van der Waals surface area contributed by atoms with Gasteiger partial charge in [0.1, 0.15) is 0 Å². The zero-order chi connectivity index (χ0) is 31.4. The van der Waals surface area contributed by atoms with Gasteiger partial charge in [-0.3, -0.25) is 0 Å². The minimum atomic E-state index is -0.122. The molecule has 1 nitrogen and oxygen atoms in total. The van der Waals surface area contributed by atoms with E-state index in [0.717, 1.165) is 0 Å². The van der Waals surface area contributed by atoms with Gasteiger partial charge in [-0.1, -0.05) is 119 Å². The van der Waals surface area contributed by atoms with Crippen molar-refractivity contribution < 1.29 is 0 Å². The van der Waals surface area contributed by atoms with E-state index in [1.54, 1.807) is 0 Å². The van der Waals surface area contributed by atoms with Gasteiger partial charge in [0.05, 0.1) is 11.0 Å². The van der Waals surface area contributed by atoms with Crippen LogP contribution < -0.4 is 0 Å². The van der Waals surface area contributed by atoms with Crippen LogP contribution >= 0.6 is 0 Å². The lowest BCUT2D eigenvalue weighted by Crippen LogP contribution is -2.17. The van der Waals surface area contributed by atoms with Crippen LogP contribution in [0.25, 0.3) is 82.8 Å². The number of hydrogen-bond donors (Lipinski definition) is 0. The molecule has 1 aromatic heterocycles. The monoisotopic (exact) mass is 599 g/mol. The summed E-state index contributed by atoms with van der Waals surface area (Å²) in [6, 6.07) is 48.4. The highest BCUT2D eigenvalue weighted by Crippen LogP contribution is 2.57. The van der Waals surface area contributed by atoms with Gasteiger partial charge in [-0.2, -0.15) is 0 Å². The van der Waals surface area contributed by atoms with E-state index < -0.39 is 0 Å². The Morgan fingerprint density at radius 2 is 0.957 bits per heavy atom. The molecule has 222 valence electrons. The van der Waals surface area contributed by atoms with Crippen LogP contribution in [0.15, 0.2) is 127 Å². The maximum atomic E-state index is 2.54. The molecule has 0 N–H and O–H groups in total. The molecule has 3 aliphatic carbocycles. The van der Waals surface area contributed by atoms with Crippen molar-refractivity contribution in [3.05, 3.63) is 150 Å². The van der Waals surface area contributed by atoms with Crippen LogP contribution in [0.2, 0.25) is 0 Å². The Labute approximate surface area is 274 Å². The molecule has 3 aliphatic rings. The van der Waals surface area contributed by atoms with Gasteiger partial charge >= 0.3 is 0 Å². The molecule has 0 saturated heterocycles. The fourth-order valence-electron chi connectivity index (χ4n) is 9.65. The molecule has 8 aromatic rings. The molecule has 7 aromatic carbocycles. The molecule has 0 fully saturated rings. The fraction of sp³-hybridized carbons (Fsp3) is 0.130. The zero-order valence-corrected chi connectivity index (χ0v) is 27.1. The van der Waals surface area contributed by atoms with E-state index in [1.165, 1.54) is 105 Å². The molecule has 0 atom stereocenters. The fourth-order valence-corrected chi connectivity index (χ4v) is 9.65. The molecule has 0 bridgehead atoms. The first kappa shape index (κ1) is 25.8. The van der Waals surface area contributed by atoms with Gasteiger partial charge in [-0.25, -0.2) is 0 Å². The van der Waals surface area contributed by atoms with Crippen molar-refractivity contribution in [1.29, 1.82) is 0 Å². The molecule has 0 saturated carbocycles. The van der Waals surface area contributed by atoms with E-state index in [1.807, 2.05) is 0 Å². The highest BCUT2D eigenvalue weighted by atomic mass is 15.0. The quantitative estimate of drug-likeness (QED) is 0.177. The predicted octanol–water partition coefficient (Wildman–Crippen LogP) is 12.2. The topological polar surface area (TPSA) is 4.93 Å². The number of para-hydroxylation sites is 1. The molecule has 0 unspecified atom stereocenters. The van der Waals surface area contributed by atoms with E-state index in [9.17, 15) is 0 Å². The Morgan fingerprint density at radius 1 is 0.383 bits per heavy atom. The number of fused-ring (bicyclic) bond motifs is 13. The third-order valence-electron chi connectivity index (χ3n) is 11.9. The Hall–Kier alpha value is -5.40. The van der Waals surface area contributed by atoms with Crippen molar-refractivity contribution in [3.63, 3.8) is 0 Å². The molecular formula is C46H33N. The van der Waals surface area contributed by atoms with Crippen LogP contribution in [0.3, 0.4) is 0 Å². The molecule has 0 amide bonds. The molecule has 0 radical (unpaired) electrons. The molecule has 47 heavy (non-hydrogen) atoms. The molecule has 11 rings (SSSR count). The summed E-state index contributed by atoms with van der Waals surface area (Å²) in [4.78, 5) is 0. The normalized spacial score (nSPS) is 15.6. The number of rotatable bonds is 1. The van der Waals surface area contributed by atoms with Crippen molar-refractivity contribution >= 4 is 32.6 Å². The van der Waals surface area contributed by atoms with Crippen molar-refractivity contribution in [2.75, 3.05) is 0 Å². The van der Waals surface area contributed by atoms with Gasteiger partial charge in [-0.05, 0) is 109 Å². The highest BCUT2D eigenvalue weighted by molar-refractivity contribution is 6.27. The maximum absolute atomic E-state index is 2.54. The van der Waals surface area contributed by atoms with Crippen LogP contribution in [0, 0.1) is 0 Å². The first-order chi connectivity index (χ1) is 22.8. The molecule has 0 aliphatic heterocycles. The Bertz CT molecular complexity index is 2730. The standard InChI is InChI=1S/C46H33N/c1-45(2)38-18-9-7-14-29(38)34-24-41-35(25-40(34)45)30-21-20-26(22-39(30)46(41,3)4)47-42-19-10-8-15-31(42)37-23-36-28-13-6-5-12-27(28)32-16-11-17-33(43(32)36)44(37)47/h5-25H,1-4H3. The second-order valence-electron chi connectivity index (χ2n) is 14.9. The number of aromatic nitrogens is 1. The van der Waals surface area contributed by atoms with Crippen molar-refractivity contribution in [3.8, 4) is 50.2 Å². The summed E-state index contributed by atoms with van der Waals surface area (Å²) in [6.45, 7) is 9.60. The predicted molar refractivity (Wildman–Crippen MR) is 198 cm³/mol.